The van der Waals surface area contributed by atoms with Crippen molar-refractivity contribution in [2.45, 2.75) is 72.2 Å². The normalized spacial score (nSPS) is 39.5. The Hall–Kier alpha value is -0.120. The van der Waals surface area contributed by atoms with E-state index in [-0.39, 0.29) is 6.10 Å². The molecule has 0 aliphatic heterocycles. The highest BCUT2D eigenvalue weighted by atomic mass is 16.5. The number of rotatable bonds is 6. The third kappa shape index (κ3) is 2.70. The maximum Gasteiger partial charge on any atom is 0.0781 e. The lowest BCUT2D eigenvalue weighted by atomic mass is 9.70. The Morgan fingerprint density at radius 3 is 2.37 bits per heavy atom. The highest BCUT2D eigenvalue weighted by Gasteiger charge is 2.61. The van der Waals surface area contributed by atoms with Crippen molar-refractivity contribution >= 4 is 0 Å². The average molecular weight is 270 g/mol. The van der Waals surface area contributed by atoms with E-state index in [9.17, 15) is 5.11 Å². The summed E-state index contributed by atoms with van der Waals surface area (Å²) in [6, 6.07) is 0. The van der Waals surface area contributed by atoms with Crippen molar-refractivity contribution in [1.29, 1.82) is 0 Å². The van der Waals surface area contributed by atoms with E-state index in [1.807, 2.05) is 6.92 Å². The van der Waals surface area contributed by atoms with Gasteiger partial charge in [0.05, 0.1) is 31.5 Å². The molecule has 3 nitrogen and oxygen atoms in total. The van der Waals surface area contributed by atoms with Gasteiger partial charge >= 0.3 is 0 Å². The molecular weight excluding hydrogens is 240 g/mol. The second kappa shape index (κ2) is 5.34. The van der Waals surface area contributed by atoms with E-state index in [4.69, 9.17) is 9.47 Å². The SMILES string of the molecule is CC(O)COC(C)COC1CC2CCC1(C)C2(C)C. The lowest BCUT2D eigenvalue weighted by molar-refractivity contribution is -0.0939. The number of hydrogen-bond donors (Lipinski definition) is 1. The fourth-order valence-corrected chi connectivity index (χ4v) is 3.99. The van der Waals surface area contributed by atoms with Crippen LogP contribution in [0.4, 0.5) is 0 Å². The molecule has 2 rings (SSSR count). The van der Waals surface area contributed by atoms with Crippen LogP contribution in [-0.4, -0.2) is 36.6 Å². The summed E-state index contributed by atoms with van der Waals surface area (Å²) in [4.78, 5) is 0. The van der Waals surface area contributed by atoms with Gasteiger partial charge in [-0.2, -0.15) is 0 Å². The van der Waals surface area contributed by atoms with Gasteiger partial charge in [0.2, 0.25) is 0 Å². The zero-order chi connectivity index (χ0) is 14.3. The second-order valence-corrected chi connectivity index (χ2v) is 7.43. The third-order valence-electron chi connectivity index (χ3n) is 5.87. The monoisotopic (exact) mass is 270 g/mol. The molecule has 0 amide bonds. The van der Waals surface area contributed by atoms with Crippen molar-refractivity contribution in [2.24, 2.45) is 16.7 Å². The molecule has 2 bridgehead atoms. The first kappa shape index (κ1) is 15.3. The van der Waals surface area contributed by atoms with E-state index < -0.39 is 6.10 Å². The molecule has 0 saturated heterocycles. The Bertz CT molecular complexity index is 313. The molecule has 0 spiro atoms. The van der Waals surface area contributed by atoms with Crippen LogP contribution in [0.5, 0.6) is 0 Å². The maximum absolute atomic E-state index is 9.21. The van der Waals surface area contributed by atoms with Gasteiger partial charge in [-0.25, -0.2) is 0 Å². The van der Waals surface area contributed by atoms with Crippen molar-refractivity contribution in [3.63, 3.8) is 0 Å². The standard InChI is InChI=1S/C16H30O3/c1-11(17)9-18-12(2)10-19-14-8-13-6-7-16(14,5)15(13,3)4/h11-14,17H,6-10H2,1-5H3. The molecule has 5 atom stereocenters. The summed E-state index contributed by atoms with van der Waals surface area (Å²) in [7, 11) is 0. The van der Waals surface area contributed by atoms with Crippen molar-refractivity contribution in [3.8, 4) is 0 Å². The van der Waals surface area contributed by atoms with Crippen LogP contribution in [0.1, 0.15) is 53.9 Å². The zero-order valence-electron chi connectivity index (χ0n) is 13.1. The summed E-state index contributed by atoms with van der Waals surface area (Å²) in [5.74, 6) is 0.816. The molecule has 0 aromatic carbocycles. The molecule has 0 heterocycles. The maximum atomic E-state index is 9.21. The zero-order valence-corrected chi connectivity index (χ0v) is 13.1. The molecule has 2 saturated carbocycles. The van der Waals surface area contributed by atoms with E-state index in [2.05, 4.69) is 20.8 Å². The molecule has 1 N–H and O–H groups in total. The predicted octanol–water partition coefficient (Wildman–Crippen LogP) is 3.00. The van der Waals surface area contributed by atoms with Gasteiger partial charge in [0.15, 0.2) is 0 Å². The first-order valence-corrected chi connectivity index (χ1v) is 7.68. The summed E-state index contributed by atoms with van der Waals surface area (Å²) in [6.07, 6.45) is 3.88. The van der Waals surface area contributed by atoms with Crippen LogP contribution in [-0.2, 0) is 9.47 Å². The Kier molecular flexibility index (Phi) is 4.29. The molecule has 0 aromatic heterocycles. The van der Waals surface area contributed by atoms with Crippen LogP contribution in [0, 0.1) is 16.7 Å². The van der Waals surface area contributed by atoms with Gasteiger partial charge in [0.25, 0.3) is 0 Å². The minimum Gasteiger partial charge on any atom is -0.391 e. The third-order valence-corrected chi connectivity index (χ3v) is 5.87. The smallest absolute Gasteiger partial charge is 0.0781 e. The van der Waals surface area contributed by atoms with Crippen LogP contribution < -0.4 is 0 Å². The fourth-order valence-electron chi connectivity index (χ4n) is 3.99. The molecule has 19 heavy (non-hydrogen) atoms. The highest BCUT2D eigenvalue weighted by molar-refractivity contribution is 5.11. The largest absolute Gasteiger partial charge is 0.391 e. The van der Waals surface area contributed by atoms with E-state index >= 15 is 0 Å². The molecule has 0 radical (unpaired) electrons. The van der Waals surface area contributed by atoms with Gasteiger partial charge in [-0.3, -0.25) is 0 Å². The number of hydrogen-bond acceptors (Lipinski definition) is 3. The second-order valence-electron chi connectivity index (χ2n) is 7.43. The summed E-state index contributed by atoms with van der Waals surface area (Å²) in [5.41, 5.74) is 0.725. The number of aliphatic hydroxyl groups is 1. The van der Waals surface area contributed by atoms with Crippen LogP contribution >= 0.6 is 0 Å². The van der Waals surface area contributed by atoms with Crippen molar-refractivity contribution in [3.05, 3.63) is 0 Å². The van der Waals surface area contributed by atoms with Crippen LogP contribution in [0.25, 0.3) is 0 Å². The van der Waals surface area contributed by atoms with E-state index in [1.165, 1.54) is 19.3 Å². The summed E-state index contributed by atoms with van der Waals surface area (Å²) < 4.78 is 11.7. The van der Waals surface area contributed by atoms with Gasteiger partial charge in [-0.05, 0) is 49.9 Å². The van der Waals surface area contributed by atoms with Gasteiger partial charge in [0.1, 0.15) is 0 Å². The average Bonchev–Trinajstić information content (AvgIpc) is 2.66. The van der Waals surface area contributed by atoms with E-state index in [0.29, 0.717) is 30.1 Å². The lowest BCUT2D eigenvalue weighted by Gasteiger charge is -2.39. The Balaban J connectivity index is 1.82. The Labute approximate surface area is 117 Å². The summed E-state index contributed by atoms with van der Waals surface area (Å²) in [6.45, 7) is 12.0. The summed E-state index contributed by atoms with van der Waals surface area (Å²) in [5, 5.41) is 9.21. The Morgan fingerprint density at radius 2 is 1.89 bits per heavy atom. The van der Waals surface area contributed by atoms with Crippen molar-refractivity contribution in [1.82, 2.24) is 0 Å². The van der Waals surface area contributed by atoms with E-state index in [1.54, 1.807) is 6.92 Å². The number of aliphatic hydroxyl groups excluding tert-OH is 1. The van der Waals surface area contributed by atoms with Crippen LogP contribution in [0.15, 0.2) is 0 Å². The predicted molar refractivity (Wildman–Crippen MR) is 76.1 cm³/mol. The van der Waals surface area contributed by atoms with Crippen molar-refractivity contribution < 1.29 is 14.6 Å². The topological polar surface area (TPSA) is 38.7 Å². The number of fused-ring (bicyclic) bond motifs is 2. The van der Waals surface area contributed by atoms with Gasteiger partial charge in [0, 0.05) is 0 Å². The minimum atomic E-state index is -0.401. The molecular formula is C16H30O3. The van der Waals surface area contributed by atoms with E-state index in [0.717, 1.165) is 5.92 Å². The first-order valence-electron chi connectivity index (χ1n) is 7.68. The molecule has 5 unspecified atom stereocenters. The molecule has 2 fully saturated rings. The highest BCUT2D eigenvalue weighted by Crippen LogP contribution is 2.66. The molecule has 0 aromatic rings. The lowest BCUT2D eigenvalue weighted by Crippen LogP contribution is -2.38. The summed E-state index contributed by atoms with van der Waals surface area (Å²) >= 11 is 0. The molecule has 3 heteroatoms. The van der Waals surface area contributed by atoms with Crippen LogP contribution in [0.3, 0.4) is 0 Å². The van der Waals surface area contributed by atoms with Gasteiger partial charge < -0.3 is 14.6 Å². The first-order chi connectivity index (χ1) is 8.77. The number of ether oxygens (including phenoxy) is 2. The van der Waals surface area contributed by atoms with Gasteiger partial charge in [-0.15, -0.1) is 0 Å². The van der Waals surface area contributed by atoms with Gasteiger partial charge in [-0.1, -0.05) is 20.8 Å². The molecule has 2 aliphatic carbocycles. The minimum absolute atomic E-state index is 0.0560. The fraction of sp³-hybridized carbons (Fsp3) is 1.00. The quantitative estimate of drug-likeness (QED) is 0.806. The van der Waals surface area contributed by atoms with Crippen LogP contribution in [0.2, 0.25) is 0 Å². The Morgan fingerprint density at radius 1 is 1.21 bits per heavy atom. The molecule has 112 valence electrons. The van der Waals surface area contributed by atoms with Crippen molar-refractivity contribution in [2.75, 3.05) is 13.2 Å². The molecule has 2 aliphatic rings.